The zero-order valence-corrected chi connectivity index (χ0v) is 12.4. The van der Waals surface area contributed by atoms with Gasteiger partial charge in [0.15, 0.2) is 12.8 Å². The molecule has 0 saturated carbocycles. The number of aromatic hydroxyl groups is 1. The first-order valence-corrected chi connectivity index (χ1v) is 7.68. The molecule has 0 saturated heterocycles. The minimum atomic E-state index is 0.381. The van der Waals surface area contributed by atoms with E-state index in [-0.39, 0.29) is 0 Å². The van der Waals surface area contributed by atoms with Crippen molar-refractivity contribution in [2.75, 3.05) is 6.54 Å². The van der Waals surface area contributed by atoms with E-state index in [1.807, 2.05) is 18.2 Å². The van der Waals surface area contributed by atoms with Crippen LogP contribution in [0.1, 0.15) is 16.7 Å². The van der Waals surface area contributed by atoms with Gasteiger partial charge in [-0.2, -0.15) is 0 Å². The summed E-state index contributed by atoms with van der Waals surface area (Å²) in [4.78, 5) is 0. The Morgan fingerprint density at radius 3 is 2.68 bits per heavy atom. The first kappa shape index (κ1) is 13.1. The van der Waals surface area contributed by atoms with Crippen LogP contribution in [0.4, 0.5) is 0 Å². The van der Waals surface area contributed by atoms with Crippen LogP contribution in [0.5, 0.6) is 5.75 Å². The lowest BCUT2D eigenvalue weighted by molar-refractivity contribution is -0.539. The van der Waals surface area contributed by atoms with Crippen molar-refractivity contribution in [3.8, 4) is 5.75 Å². The molecule has 1 aliphatic heterocycles. The maximum absolute atomic E-state index is 10.3. The second kappa shape index (κ2) is 5.30. The van der Waals surface area contributed by atoms with Gasteiger partial charge in [-0.05, 0) is 28.5 Å². The third-order valence-electron chi connectivity index (χ3n) is 4.42. The highest BCUT2D eigenvalue weighted by atomic mass is 16.3. The van der Waals surface area contributed by atoms with Crippen LogP contribution in [-0.4, -0.2) is 22.4 Å². The number of phenolic OH excluding ortho intramolecular Hbond substituents is 1. The van der Waals surface area contributed by atoms with Gasteiger partial charge < -0.3 is 5.11 Å². The minimum Gasteiger partial charge on any atom is -0.507 e. The van der Waals surface area contributed by atoms with Crippen LogP contribution >= 0.6 is 0 Å². The van der Waals surface area contributed by atoms with Gasteiger partial charge >= 0.3 is 0 Å². The molecule has 0 unspecified atom stereocenters. The van der Waals surface area contributed by atoms with Crippen LogP contribution in [0.3, 0.4) is 0 Å². The number of hydrogen-bond acceptors (Lipinski definition) is 1. The summed E-state index contributed by atoms with van der Waals surface area (Å²) in [7, 11) is 0. The first-order chi connectivity index (χ1) is 10.8. The van der Waals surface area contributed by atoms with Crippen LogP contribution in [-0.2, 0) is 13.0 Å². The predicted octanol–water partition coefficient (Wildman–Crippen LogP) is 3.73. The van der Waals surface area contributed by atoms with E-state index in [2.05, 4.69) is 47.2 Å². The highest BCUT2D eigenvalue weighted by Crippen LogP contribution is 2.28. The summed E-state index contributed by atoms with van der Waals surface area (Å²) in [5, 5.41) is 12.6. The number of hydrogen-bond donors (Lipinski definition) is 1. The van der Waals surface area contributed by atoms with Crippen LogP contribution in [0.2, 0.25) is 0 Å². The summed E-state index contributed by atoms with van der Waals surface area (Å²) < 4.78 is 2.30. The fourth-order valence-electron chi connectivity index (χ4n) is 3.23. The molecule has 0 spiro atoms. The molecule has 0 fully saturated rings. The zero-order chi connectivity index (χ0) is 14.9. The molecule has 22 heavy (non-hydrogen) atoms. The lowest BCUT2D eigenvalue weighted by Crippen LogP contribution is -2.22. The van der Waals surface area contributed by atoms with Crippen molar-refractivity contribution in [2.24, 2.45) is 0 Å². The summed E-state index contributed by atoms with van der Waals surface area (Å²) in [6, 6.07) is 20.5. The predicted molar refractivity (Wildman–Crippen MR) is 89.8 cm³/mol. The number of rotatable bonds is 2. The van der Waals surface area contributed by atoms with Gasteiger partial charge in [-0.3, -0.25) is 0 Å². The van der Waals surface area contributed by atoms with E-state index in [9.17, 15) is 5.11 Å². The molecular formula is C20H18NO+. The van der Waals surface area contributed by atoms with E-state index in [0.717, 1.165) is 30.5 Å². The van der Waals surface area contributed by atoms with Crippen LogP contribution in [0.25, 0.3) is 10.8 Å². The Balaban J connectivity index is 1.76. The largest absolute Gasteiger partial charge is 0.507 e. The molecule has 3 aromatic carbocycles. The Morgan fingerprint density at radius 1 is 0.909 bits per heavy atom. The van der Waals surface area contributed by atoms with Crippen LogP contribution < -0.4 is 0 Å². The lowest BCUT2D eigenvalue weighted by Gasteiger charge is -2.14. The standard InChI is InChI=1S/C20H17NO/c22-20-10-9-16-6-3-4-8-18(16)19(20)14-21-12-11-15-5-1-2-7-17(15)13-21/h1-10,13H,11-12,14H2/p+1. The highest BCUT2D eigenvalue weighted by molar-refractivity contribution is 5.87. The molecule has 1 heterocycles. The van der Waals surface area contributed by atoms with Crippen molar-refractivity contribution in [3.63, 3.8) is 0 Å². The van der Waals surface area contributed by atoms with Crippen LogP contribution in [0, 0.1) is 0 Å². The van der Waals surface area contributed by atoms with E-state index in [1.165, 1.54) is 16.5 Å². The van der Waals surface area contributed by atoms with Gasteiger partial charge in [0.25, 0.3) is 0 Å². The molecule has 0 amide bonds. The topological polar surface area (TPSA) is 23.2 Å². The van der Waals surface area contributed by atoms with E-state index < -0.39 is 0 Å². The average molecular weight is 288 g/mol. The Hall–Kier alpha value is -2.61. The molecule has 2 heteroatoms. The van der Waals surface area contributed by atoms with Gasteiger partial charge in [0, 0.05) is 12.0 Å². The molecule has 0 atom stereocenters. The normalized spacial score (nSPS) is 13.7. The summed E-state index contributed by atoms with van der Waals surface area (Å²) in [6.07, 6.45) is 3.26. The average Bonchev–Trinajstić information content (AvgIpc) is 2.57. The monoisotopic (exact) mass is 288 g/mol. The minimum absolute atomic E-state index is 0.381. The maximum atomic E-state index is 10.3. The molecule has 4 rings (SSSR count). The fraction of sp³-hybridized carbons (Fsp3) is 0.150. The third-order valence-corrected chi connectivity index (χ3v) is 4.42. The Morgan fingerprint density at radius 2 is 1.73 bits per heavy atom. The molecule has 3 aromatic rings. The van der Waals surface area contributed by atoms with Crippen molar-refractivity contribution in [1.29, 1.82) is 0 Å². The van der Waals surface area contributed by atoms with E-state index >= 15 is 0 Å². The smallest absolute Gasteiger partial charge is 0.172 e. The summed E-state index contributed by atoms with van der Waals surface area (Å²) in [5.74, 6) is 0.381. The molecule has 2 nitrogen and oxygen atoms in total. The van der Waals surface area contributed by atoms with Crippen molar-refractivity contribution in [3.05, 3.63) is 77.4 Å². The molecule has 0 bridgehead atoms. The van der Waals surface area contributed by atoms with E-state index in [0.29, 0.717) is 5.75 Å². The highest BCUT2D eigenvalue weighted by Gasteiger charge is 2.18. The van der Waals surface area contributed by atoms with Crippen molar-refractivity contribution < 1.29 is 9.68 Å². The zero-order valence-electron chi connectivity index (χ0n) is 12.4. The molecule has 108 valence electrons. The lowest BCUT2D eigenvalue weighted by atomic mass is 10.0. The molecule has 0 radical (unpaired) electrons. The Labute approximate surface area is 130 Å². The number of nitrogens with zero attached hydrogens (tertiary/aromatic N) is 1. The third kappa shape index (κ3) is 2.27. The molecule has 0 aliphatic carbocycles. The first-order valence-electron chi connectivity index (χ1n) is 7.68. The van der Waals surface area contributed by atoms with Crippen molar-refractivity contribution >= 4 is 17.0 Å². The van der Waals surface area contributed by atoms with Gasteiger partial charge in [-0.25, -0.2) is 4.58 Å². The number of benzene rings is 3. The van der Waals surface area contributed by atoms with Crippen molar-refractivity contribution in [1.82, 2.24) is 0 Å². The van der Waals surface area contributed by atoms with E-state index in [4.69, 9.17) is 0 Å². The second-order valence-corrected chi connectivity index (χ2v) is 5.83. The van der Waals surface area contributed by atoms with E-state index in [1.54, 1.807) is 6.07 Å². The van der Waals surface area contributed by atoms with Gasteiger partial charge in [0.1, 0.15) is 12.3 Å². The quantitative estimate of drug-likeness (QED) is 0.713. The van der Waals surface area contributed by atoms with Crippen molar-refractivity contribution in [2.45, 2.75) is 13.0 Å². The van der Waals surface area contributed by atoms with Crippen LogP contribution in [0.15, 0.2) is 60.7 Å². The summed E-state index contributed by atoms with van der Waals surface area (Å²) in [6.45, 7) is 1.72. The maximum Gasteiger partial charge on any atom is 0.172 e. The SMILES string of the molecule is Oc1ccc2ccccc2c1C[N+]1=Cc2ccccc2CC1. The Kier molecular flexibility index (Phi) is 3.15. The fourth-order valence-corrected chi connectivity index (χ4v) is 3.23. The molecule has 1 aliphatic rings. The summed E-state index contributed by atoms with van der Waals surface area (Å²) >= 11 is 0. The Bertz CT molecular complexity index is 880. The molecule has 0 aromatic heterocycles. The van der Waals surface area contributed by atoms with Gasteiger partial charge in [-0.1, -0.05) is 48.5 Å². The second-order valence-electron chi connectivity index (χ2n) is 5.83. The number of phenols is 1. The number of fused-ring (bicyclic) bond motifs is 2. The van der Waals surface area contributed by atoms with Gasteiger partial charge in [0.05, 0.1) is 5.56 Å². The van der Waals surface area contributed by atoms with Gasteiger partial charge in [0.2, 0.25) is 0 Å². The molecule has 1 N–H and O–H groups in total. The molecular weight excluding hydrogens is 270 g/mol. The summed E-state index contributed by atoms with van der Waals surface area (Å²) in [5.41, 5.74) is 3.70. The van der Waals surface area contributed by atoms with Gasteiger partial charge in [-0.15, -0.1) is 0 Å².